The zero-order valence-corrected chi connectivity index (χ0v) is 18.9. The summed E-state index contributed by atoms with van der Waals surface area (Å²) in [5.41, 5.74) is 1.87. The average molecular weight is 471 g/mol. The number of hydrogen-bond acceptors (Lipinski definition) is 7. The number of aryl methyl sites for hydroxylation is 2. The Bertz CT molecular complexity index is 1370. The van der Waals surface area contributed by atoms with Gasteiger partial charge >= 0.3 is 5.97 Å². The van der Waals surface area contributed by atoms with Gasteiger partial charge < -0.3 is 9.30 Å². The number of primary sulfonamides is 1. The van der Waals surface area contributed by atoms with Crippen LogP contribution in [0.4, 0.5) is 5.69 Å². The lowest BCUT2D eigenvalue weighted by Gasteiger charge is -2.11. The number of nitro groups is 1. The van der Waals surface area contributed by atoms with Crippen LogP contribution in [-0.4, -0.2) is 36.3 Å². The van der Waals surface area contributed by atoms with Gasteiger partial charge in [-0.2, -0.15) is 0 Å². The Kier molecular flexibility index (Phi) is 6.47. The molecule has 3 aromatic rings. The van der Waals surface area contributed by atoms with Crippen LogP contribution in [0.3, 0.4) is 0 Å². The van der Waals surface area contributed by atoms with E-state index in [1.165, 1.54) is 37.3 Å². The van der Waals surface area contributed by atoms with Crippen LogP contribution >= 0.6 is 0 Å². The number of carbonyl (C=O) groups is 2. The zero-order valence-electron chi connectivity index (χ0n) is 18.1. The van der Waals surface area contributed by atoms with Crippen LogP contribution in [0.2, 0.25) is 0 Å². The number of hydrogen-bond donors (Lipinski definition) is 1. The number of rotatable bonds is 7. The van der Waals surface area contributed by atoms with Crippen LogP contribution in [-0.2, 0) is 14.8 Å². The van der Waals surface area contributed by atoms with Gasteiger partial charge in [-0.3, -0.25) is 14.9 Å². The van der Waals surface area contributed by atoms with Crippen LogP contribution in [0.1, 0.15) is 37.7 Å². The maximum Gasteiger partial charge on any atom is 0.345 e. The average Bonchev–Trinajstić information content (AvgIpc) is 3.04. The first kappa shape index (κ1) is 23.8. The number of benzene rings is 2. The first-order valence-electron chi connectivity index (χ1n) is 9.68. The molecule has 0 bridgehead atoms. The highest BCUT2D eigenvalue weighted by molar-refractivity contribution is 7.89. The van der Waals surface area contributed by atoms with Gasteiger partial charge in [0.05, 0.1) is 9.82 Å². The smallest absolute Gasteiger partial charge is 0.345 e. The van der Waals surface area contributed by atoms with E-state index in [1.54, 1.807) is 36.6 Å². The third-order valence-electron chi connectivity index (χ3n) is 5.13. The van der Waals surface area contributed by atoms with Crippen LogP contribution in [0.25, 0.3) is 5.69 Å². The van der Waals surface area contributed by atoms with E-state index in [0.717, 1.165) is 0 Å². The number of nitro benzene ring substituents is 1. The van der Waals surface area contributed by atoms with Crippen molar-refractivity contribution >= 4 is 27.5 Å². The summed E-state index contributed by atoms with van der Waals surface area (Å²) in [6.07, 6.45) is 0. The quantitative estimate of drug-likeness (QED) is 0.241. The molecule has 0 saturated heterocycles. The van der Waals surface area contributed by atoms with Gasteiger partial charge in [-0.05, 0) is 57.2 Å². The predicted molar refractivity (Wildman–Crippen MR) is 119 cm³/mol. The summed E-state index contributed by atoms with van der Waals surface area (Å²) in [6.45, 7) is 4.36. The van der Waals surface area contributed by atoms with Crippen LogP contribution in [0.15, 0.2) is 53.4 Å². The summed E-state index contributed by atoms with van der Waals surface area (Å²) in [5.74, 6) is -1.45. The van der Waals surface area contributed by atoms with Gasteiger partial charge in [-0.15, -0.1) is 0 Å². The highest BCUT2D eigenvalue weighted by atomic mass is 32.2. The number of ether oxygens (including phenoxy) is 1. The number of carbonyl (C=O) groups excluding carboxylic acids is 2. The molecule has 0 saturated carbocycles. The Balaban J connectivity index is 1.82. The molecule has 0 aliphatic rings. The lowest BCUT2D eigenvalue weighted by Crippen LogP contribution is -2.16. The molecule has 11 heteroatoms. The first-order valence-corrected chi connectivity index (χ1v) is 11.2. The molecule has 33 heavy (non-hydrogen) atoms. The minimum Gasteiger partial charge on any atom is -0.454 e. The van der Waals surface area contributed by atoms with Crippen molar-refractivity contribution in [1.82, 2.24) is 4.57 Å². The zero-order chi connectivity index (χ0) is 24.5. The fraction of sp³-hybridized carbons (Fsp3) is 0.182. The summed E-state index contributed by atoms with van der Waals surface area (Å²) in [7, 11) is -3.83. The molecule has 0 amide bonds. The summed E-state index contributed by atoms with van der Waals surface area (Å²) in [6, 6.07) is 11.7. The van der Waals surface area contributed by atoms with Crippen LogP contribution in [0.5, 0.6) is 0 Å². The third-order valence-corrected chi connectivity index (χ3v) is 6.06. The molecule has 1 heterocycles. The minimum atomic E-state index is -3.83. The van der Waals surface area contributed by atoms with Gasteiger partial charge in [0.25, 0.3) is 5.69 Å². The molecule has 2 N–H and O–H groups in total. The number of esters is 1. The van der Waals surface area contributed by atoms with Crippen molar-refractivity contribution in [1.29, 1.82) is 0 Å². The number of para-hydroxylation sites is 1. The number of ketones is 1. The van der Waals surface area contributed by atoms with Crippen LogP contribution in [0, 0.1) is 30.9 Å². The van der Waals surface area contributed by atoms with E-state index in [0.29, 0.717) is 28.2 Å². The number of sulfonamides is 1. The van der Waals surface area contributed by atoms with Gasteiger partial charge in [0.1, 0.15) is 5.56 Å². The monoisotopic (exact) mass is 471 g/mol. The third kappa shape index (κ3) is 4.83. The molecule has 2 aromatic carbocycles. The first-order chi connectivity index (χ1) is 15.4. The minimum absolute atomic E-state index is 0.0397. The molecule has 0 radical (unpaired) electrons. The van der Waals surface area contributed by atoms with E-state index < -0.39 is 33.3 Å². The standard InChI is InChI=1S/C22H21N3O7S/c1-13-5-4-6-18(21(13)25(28)29)22(27)32-12-20(26)19-11-14(2)24(15(19)3)16-7-9-17(10-8-16)33(23,30)31/h4-11H,12H2,1-3H3,(H2,23,30,31). The van der Waals surface area contributed by atoms with Gasteiger partial charge in [0.2, 0.25) is 15.8 Å². The number of Topliss-reactive ketones (excluding diaryl/α,β-unsaturated/α-hetero) is 1. The molecular formula is C22H21N3O7S. The summed E-state index contributed by atoms with van der Waals surface area (Å²) < 4.78 is 29.7. The lowest BCUT2D eigenvalue weighted by molar-refractivity contribution is -0.385. The second kappa shape index (κ2) is 8.96. The maximum atomic E-state index is 12.7. The second-order valence-corrected chi connectivity index (χ2v) is 8.95. The van der Waals surface area contributed by atoms with Crippen molar-refractivity contribution in [2.45, 2.75) is 25.7 Å². The van der Waals surface area contributed by atoms with E-state index >= 15 is 0 Å². The molecule has 1 aromatic heterocycles. The van der Waals surface area contributed by atoms with Gasteiger partial charge in [-0.1, -0.05) is 12.1 Å². The Morgan fingerprint density at radius 3 is 2.27 bits per heavy atom. The summed E-state index contributed by atoms with van der Waals surface area (Å²) in [4.78, 5) is 35.7. The molecule has 172 valence electrons. The number of aromatic nitrogens is 1. The van der Waals surface area contributed by atoms with Gasteiger partial charge in [0.15, 0.2) is 6.61 Å². The van der Waals surface area contributed by atoms with Crippen molar-refractivity contribution in [3.63, 3.8) is 0 Å². The van der Waals surface area contributed by atoms with Crippen molar-refractivity contribution in [2.75, 3.05) is 6.61 Å². The molecule has 0 aliphatic heterocycles. The van der Waals surface area contributed by atoms with E-state index in [1.807, 2.05) is 0 Å². The van der Waals surface area contributed by atoms with Crippen molar-refractivity contribution in [3.05, 3.63) is 86.7 Å². The molecular weight excluding hydrogens is 450 g/mol. The fourth-order valence-electron chi connectivity index (χ4n) is 3.58. The fourth-order valence-corrected chi connectivity index (χ4v) is 4.10. The molecule has 0 fully saturated rings. The molecule has 3 rings (SSSR count). The Labute approximate surface area is 189 Å². The van der Waals surface area contributed by atoms with E-state index in [4.69, 9.17) is 9.88 Å². The van der Waals surface area contributed by atoms with Gasteiger partial charge in [-0.25, -0.2) is 18.4 Å². The highest BCUT2D eigenvalue weighted by Gasteiger charge is 2.25. The Morgan fingerprint density at radius 2 is 1.70 bits per heavy atom. The molecule has 0 spiro atoms. The summed E-state index contributed by atoms with van der Waals surface area (Å²) in [5, 5.41) is 16.4. The maximum absolute atomic E-state index is 12.7. The van der Waals surface area contributed by atoms with E-state index in [-0.39, 0.29) is 16.1 Å². The molecule has 0 unspecified atom stereocenters. The van der Waals surface area contributed by atoms with Crippen molar-refractivity contribution in [3.8, 4) is 5.69 Å². The second-order valence-electron chi connectivity index (χ2n) is 7.39. The van der Waals surface area contributed by atoms with Gasteiger partial charge in [0, 0.05) is 28.2 Å². The SMILES string of the molecule is Cc1cccc(C(=O)OCC(=O)c2cc(C)n(-c3ccc(S(N)(=O)=O)cc3)c2C)c1[N+](=O)[O-]. The Hall–Kier alpha value is -3.83. The normalized spacial score (nSPS) is 11.3. The van der Waals surface area contributed by atoms with Crippen molar-refractivity contribution in [2.24, 2.45) is 5.14 Å². The van der Waals surface area contributed by atoms with Crippen molar-refractivity contribution < 1.29 is 27.7 Å². The largest absolute Gasteiger partial charge is 0.454 e. The molecule has 10 nitrogen and oxygen atoms in total. The van der Waals surface area contributed by atoms with E-state index in [9.17, 15) is 28.1 Å². The van der Waals surface area contributed by atoms with E-state index in [2.05, 4.69) is 0 Å². The topological polar surface area (TPSA) is 152 Å². The molecule has 0 aliphatic carbocycles. The van der Waals surface area contributed by atoms with Crippen LogP contribution < -0.4 is 5.14 Å². The Morgan fingerprint density at radius 1 is 1.06 bits per heavy atom. The number of nitrogens with two attached hydrogens (primary N) is 1. The molecule has 0 atom stereocenters. The summed E-state index contributed by atoms with van der Waals surface area (Å²) >= 11 is 0. The highest BCUT2D eigenvalue weighted by Crippen LogP contribution is 2.25. The predicted octanol–water partition coefficient (Wildman–Crippen LogP) is 3.00. The number of nitrogens with zero attached hydrogens (tertiary/aromatic N) is 2. The lowest BCUT2D eigenvalue weighted by atomic mass is 10.1.